The van der Waals surface area contributed by atoms with Crippen molar-refractivity contribution in [3.8, 4) is 11.3 Å². The third kappa shape index (κ3) is 1.93. The fourth-order valence-corrected chi connectivity index (χ4v) is 2.63. The number of fused-ring (bicyclic) bond motifs is 1. The normalized spacial score (nSPS) is 10.9. The van der Waals surface area contributed by atoms with E-state index in [1.807, 2.05) is 12.1 Å². The smallest absolute Gasteiger partial charge is 0.345 e. The van der Waals surface area contributed by atoms with E-state index in [1.165, 1.54) is 11.3 Å². The standard InChI is InChI=1S/C12H7BrN2O2S/c13-7-1-2-10-6(3-7)4-8(11(16)17-10)9-5-18-12(14)15-9/h1-5H,(H2,14,15). The van der Waals surface area contributed by atoms with Gasteiger partial charge in [0.15, 0.2) is 5.13 Å². The molecule has 2 N–H and O–H groups in total. The van der Waals surface area contributed by atoms with Gasteiger partial charge in [0.1, 0.15) is 5.58 Å². The first kappa shape index (κ1) is 11.4. The molecule has 2 heterocycles. The highest BCUT2D eigenvalue weighted by Gasteiger charge is 2.10. The Labute approximate surface area is 114 Å². The van der Waals surface area contributed by atoms with Gasteiger partial charge >= 0.3 is 5.63 Å². The summed E-state index contributed by atoms with van der Waals surface area (Å²) in [6.45, 7) is 0. The lowest BCUT2D eigenvalue weighted by Gasteiger charge is -2.00. The van der Waals surface area contributed by atoms with Crippen LogP contribution in [0, 0.1) is 0 Å². The van der Waals surface area contributed by atoms with Gasteiger partial charge in [0.05, 0.1) is 11.3 Å². The molecule has 1 aromatic carbocycles. The molecule has 0 aliphatic rings. The minimum absolute atomic E-state index is 0.407. The number of aromatic nitrogens is 1. The molecule has 0 spiro atoms. The van der Waals surface area contributed by atoms with Crippen molar-refractivity contribution in [1.29, 1.82) is 0 Å². The number of nitrogen functional groups attached to an aromatic ring is 1. The Morgan fingerprint density at radius 1 is 1.33 bits per heavy atom. The van der Waals surface area contributed by atoms with Crippen molar-refractivity contribution in [2.45, 2.75) is 0 Å². The molecule has 0 fully saturated rings. The van der Waals surface area contributed by atoms with Gasteiger partial charge in [-0.15, -0.1) is 11.3 Å². The van der Waals surface area contributed by atoms with Crippen LogP contribution in [0.5, 0.6) is 0 Å². The maximum Gasteiger partial charge on any atom is 0.345 e. The molecule has 3 rings (SSSR count). The Hall–Kier alpha value is -1.66. The summed E-state index contributed by atoms with van der Waals surface area (Å²) in [5.41, 5.74) is 6.69. The van der Waals surface area contributed by atoms with Crippen LogP contribution < -0.4 is 11.4 Å². The average molecular weight is 323 g/mol. The second-order valence-electron chi connectivity index (χ2n) is 3.70. The van der Waals surface area contributed by atoms with Crippen molar-refractivity contribution in [2.24, 2.45) is 0 Å². The molecule has 0 amide bonds. The van der Waals surface area contributed by atoms with Crippen LogP contribution in [0.2, 0.25) is 0 Å². The van der Waals surface area contributed by atoms with Crippen LogP contribution in [0.3, 0.4) is 0 Å². The number of halogens is 1. The molecule has 0 unspecified atom stereocenters. The van der Waals surface area contributed by atoms with Crippen molar-refractivity contribution < 1.29 is 4.42 Å². The Kier molecular flexibility index (Phi) is 2.68. The molecule has 2 aromatic heterocycles. The van der Waals surface area contributed by atoms with Crippen molar-refractivity contribution in [3.63, 3.8) is 0 Å². The molecule has 0 radical (unpaired) electrons. The molecule has 18 heavy (non-hydrogen) atoms. The zero-order valence-corrected chi connectivity index (χ0v) is 11.4. The summed E-state index contributed by atoms with van der Waals surface area (Å²) in [6.07, 6.45) is 0. The van der Waals surface area contributed by atoms with Crippen LogP contribution in [0.25, 0.3) is 22.2 Å². The summed E-state index contributed by atoms with van der Waals surface area (Å²) < 4.78 is 6.18. The number of rotatable bonds is 1. The van der Waals surface area contributed by atoms with Gasteiger partial charge in [-0.2, -0.15) is 0 Å². The van der Waals surface area contributed by atoms with E-state index in [-0.39, 0.29) is 0 Å². The molecule has 3 aromatic rings. The molecule has 6 heteroatoms. The zero-order valence-electron chi connectivity index (χ0n) is 9.01. The number of hydrogen-bond donors (Lipinski definition) is 1. The van der Waals surface area contributed by atoms with Gasteiger partial charge in [0.25, 0.3) is 0 Å². The largest absolute Gasteiger partial charge is 0.422 e. The third-order valence-corrected chi connectivity index (χ3v) is 3.66. The number of benzene rings is 1. The molecule has 90 valence electrons. The van der Waals surface area contributed by atoms with Gasteiger partial charge < -0.3 is 10.2 Å². The number of nitrogens with zero attached hydrogens (tertiary/aromatic N) is 1. The molecule has 0 aliphatic carbocycles. The minimum Gasteiger partial charge on any atom is -0.422 e. The predicted molar refractivity (Wildman–Crippen MR) is 75.7 cm³/mol. The Balaban J connectivity index is 2.29. The van der Waals surface area contributed by atoms with E-state index < -0.39 is 5.63 Å². The van der Waals surface area contributed by atoms with Gasteiger partial charge in [0, 0.05) is 15.2 Å². The topological polar surface area (TPSA) is 69.1 Å². The molecule has 0 aliphatic heterocycles. The van der Waals surface area contributed by atoms with E-state index in [2.05, 4.69) is 20.9 Å². The Morgan fingerprint density at radius 2 is 2.17 bits per heavy atom. The van der Waals surface area contributed by atoms with Crippen LogP contribution in [0.4, 0.5) is 5.13 Å². The number of hydrogen-bond acceptors (Lipinski definition) is 5. The lowest BCUT2D eigenvalue weighted by atomic mass is 10.1. The second-order valence-corrected chi connectivity index (χ2v) is 5.51. The first-order chi connectivity index (χ1) is 8.63. The van der Waals surface area contributed by atoms with E-state index >= 15 is 0 Å². The first-order valence-electron chi connectivity index (χ1n) is 5.08. The lowest BCUT2D eigenvalue weighted by molar-refractivity contribution is 0.563. The summed E-state index contributed by atoms with van der Waals surface area (Å²) in [4.78, 5) is 16.0. The second kappa shape index (κ2) is 4.22. The van der Waals surface area contributed by atoms with Crippen LogP contribution in [0.15, 0.2) is 43.3 Å². The van der Waals surface area contributed by atoms with E-state index in [4.69, 9.17) is 10.2 Å². The summed E-state index contributed by atoms with van der Waals surface area (Å²) in [6, 6.07) is 7.23. The quantitative estimate of drug-likeness (QED) is 0.698. The van der Waals surface area contributed by atoms with Crippen molar-refractivity contribution in [1.82, 2.24) is 4.98 Å². The fraction of sp³-hybridized carbons (Fsp3) is 0. The van der Waals surface area contributed by atoms with E-state index in [1.54, 1.807) is 17.5 Å². The maximum atomic E-state index is 11.9. The van der Waals surface area contributed by atoms with Gasteiger partial charge in [-0.25, -0.2) is 9.78 Å². The highest BCUT2D eigenvalue weighted by Crippen LogP contribution is 2.25. The van der Waals surface area contributed by atoms with Crippen LogP contribution >= 0.6 is 27.3 Å². The highest BCUT2D eigenvalue weighted by molar-refractivity contribution is 9.10. The van der Waals surface area contributed by atoms with Crippen LogP contribution in [-0.4, -0.2) is 4.98 Å². The summed E-state index contributed by atoms with van der Waals surface area (Å²) >= 11 is 4.68. The van der Waals surface area contributed by atoms with Gasteiger partial charge in [-0.1, -0.05) is 15.9 Å². The number of anilines is 1. The zero-order chi connectivity index (χ0) is 12.7. The van der Waals surface area contributed by atoms with Gasteiger partial charge in [0.2, 0.25) is 0 Å². The van der Waals surface area contributed by atoms with Crippen LogP contribution in [0.1, 0.15) is 0 Å². The average Bonchev–Trinajstić information content (AvgIpc) is 2.75. The van der Waals surface area contributed by atoms with Crippen molar-refractivity contribution in [2.75, 3.05) is 5.73 Å². The molecule has 0 bridgehead atoms. The van der Waals surface area contributed by atoms with E-state index in [0.29, 0.717) is 22.0 Å². The van der Waals surface area contributed by atoms with Crippen molar-refractivity contribution in [3.05, 3.63) is 44.5 Å². The maximum absolute atomic E-state index is 11.9. The Bertz CT molecular complexity index is 794. The van der Waals surface area contributed by atoms with Crippen LogP contribution in [-0.2, 0) is 0 Å². The van der Waals surface area contributed by atoms with Gasteiger partial charge in [-0.05, 0) is 24.3 Å². The highest BCUT2D eigenvalue weighted by atomic mass is 79.9. The third-order valence-electron chi connectivity index (χ3n) is 2.49. The lowest BCUT2D eigenvalue weighted by Crippen LogP contribution is -2.02. The number of nitrogens with two attached hydrogens (primary N) is 1. The summed E-state index contributed by atoms with van der Waals surface area (Å²) in [5, 5.41) is 3.01. The molecule has 4 nitrogen and oxygen atoms in total. The van der Waals surface area contributed by atoms with Crippen molar-refractivity contribution >= 4 is 43.4 Å². The monoisotopic (exact) mass is 322 g/mol. The summed E-state index contributed by atoms with van der Waals surface area (Å²) in [5.74, 6) is 0. The van der Waals surface area contributed by atoms with E-state index in [9.17, 15) is 4.79 Å². The van der Waals surface area contributed by atoms with E-state index in [0.717, 1.165) is 9.86 Å². The summed E-state index contributed by atoms with van der Waals surface area (Å²) in [7, 11) is 0. The van der Waals surface area contributed by atoms with Gasteiger partial charge in [-0.3, -0.25) is 0 Å². The molecule has 0 saturated carbocycles. The molecule has 0 atom stereocenters. The predicted octanol–water partition coefficient (Wildman–Crippen LogP) is 3.26. The minimum atomic E-state index is -0.407. The molecule has 0 saturated heterocycles. The Morgan fingerprint density at radius 3 is 2.89 bits per heavy atom. The number of thiazole rings is 1. The molecular weight excluding hydrogens is 316 g/mol. The SMILES string of the molecule is Nc1nc(-c2cc3cc(Br)ccc3oc2=O)cs1. The first-order valence-corrected chi connectivity index (χ1v) is 6.75. The fourth-order valence-electron chi connectivity index (χ4n) is 1.68. The molecular formula is C12H7BrN2O2S.